The molecule has 24 heavy (non-hydrogen) atoms. The number of benzene rings is 1. The number of alkyl halides is 3. The fourth-order valence-corrected chi connectivity index (χ4v) is 2.90. The normalized spacial score (nSPS) is 30.7. The molecule has 0 unspecified atom stereocenters. The molecule has 2 heterocycles. The van der Waals surface area contributed by atoms with Gasteiger partial charge >= 0.3 is 21.6 Å². The zero-order valence-corrected chi connectivity index (χ0v) is 12.6. The van der Waals surface area contributed by atoms with E-state index in [1.165, 1.54) is 0 Å². The summed E-state index contributed by atoms with van der Waals surface area (Å²) >= 11 is 0. The van der Waals surface area contributed by atoms with Gasteiger partial charge in [-0.1, -0.05) is 30.3 Å². The van der Waals surface area contributed by atoms with Crippen molar-refractivity contribution in [2.24, 2.45) is 0 Å². The summed E-state index contributed by atoms with van der Waals surface area (Å²) in [6, 6.07) is 8.40. The lowest BCUT2D eigenvalue weighted by Crippen LogP contribution is -2.52. The van der Waals surface area contributed by atoms with Crippen LogP contribution in [0.1, 0.15) is 11.9 Å². The number of rotatable bonds is 3. The van der Waals surface area contributed by atoms with E-state index >= 15 is 0 Å². The van der Waals surface area contributed by atoms with Gasteiger partial charge in [-0.15, -0.1) is 0 Å². The third-order valence-electron chi connectivity index (χ3n) is 3.45. The van der Waals surface area contributed by atoms with Gasteiger partial charge in [0, 0.05) is 5.56 Å². The topological polar surface area (TPSA) is 88.1 Å². The van der Waals surface area contributed by atoms with Crippen molar-refractivity contribution in [2.45, 2.75) is 30.1 Å². The van der Waals surface area contributed by atoms with E-state index in [-0.39, 0.29) is 6.61 Å². The fraction of sp³-hybridized carbons (Fsp3) is 0.462. The minimum absolute atomic E-state index is 0.279. The van der Waals surface area contributed by atoms with Crippen LogP contribution in [0.4, 0.5) is 13.2 Å². The average Bonchev–Trinajstić information content (AvgIpc) is 2.94. The molecular formula is C13H11F3O7S. The Labute approximate surface area is 134 Å². The molecule has 4 atom stereocenters. The maximum atomic E-state index is 12.5. The van der Waals surface area contributed by atoms with Crippen molar-refractivity contribution in [3.63, 3.8) is 0 Å². The van der Waals surface area contributed by atoms with E-state index in [0.717, 1.165) is 0 Å². The number of carbonyl (C=O) groups is 1. The first kappa shape index (κ1) is 17.1. The van der Waals surface area contributed by atoms with Gasteiger partial charge in [0.25, 0.3) is 0 Å². The molecule has 2 saturated heterocycles. The number of hydrogen-bond donors (Lipinski definition) is 0. The number of halogens is 3. The molecule has 1 aromatic carbocycles. The van der Waals surface area contributed by atoms with Crippen molar-refractivity contribution in [1.29, 1.82) is 0 Å². The van der Waals surface area contributed by atoms with E-state index in [1.807, 2.05) is 0 Å². The van der Waals surface area contributed by atoms with Crippen LogP contribution < -0.4 is 0 Å². The smallest absolute Gasteiger partial charge is 0.461 e. The van der Waals surface area contributed by atoms with Crippen LogP contribution in [0.15, 0.2) is 30.3 Å². The van der Waals surface area contributed by atoms with Gasteiger partial charge in [-0.2, -0.15) is 21.6 Å². The summed E-state index contributed by atoms with van der Waals surface area (Å²) in [5.41, 5.74) is -5.12. The third-order valence-corrected chi connectivity index (χ3v) is 4.48. The molecule has 1 aromatic rings. The van der Waals surface area contributed by atoms with E-state index in [2.05, 4.69) is 8.92 Å². The second-order valence-corrected chi connectivity index (χ2v) is 6.63. The Hall–Kier alpha value is -1.69. The highest BCUT2D eigenvalue weighted by Gasteiger charge is 2.56. The number of esters is 1. The Morgan fingerprint density at radius 3 is 2.42 bits per heavy atom. The molecule has 132 valence electrons. The largest absolute Gasteiger partial charge is 0.523 e. The van der Waals surface area contributed by atoms with Crippen molar-refractivity contribution < 1.29 is 44.8 Å². The van der Waals surface area contributed by atoms with E-state index < -0.39 is 46.2 Å². The van der Waals surface area contributed by atoms with Crippen LogP contribution in [0.2, 0.25) is 0 Å². The molecule has 0 bridgehead atoms. The predicted octanol–water partition coefficient (Wildman–Crippen LogP) is 1.26. The van der Waals surface area contributed by atoms with Gasteiger partial charge in [0.05, 0.1) is 0 Å². The fourth-order valence-electron chi connectivity index (χ4n) is 2.33. The molecule has 0 aliphatic carbocycles. The van der Waals surface area contributed by atoms with Crippen LogP contribution in [0.25, 0.3) is 0 Å². The van der Waals surface area contributed by atoms with Gasteiger partial charge in [-0.25, -0.2) is 8.98 Å². The lowest BCUT2D eigenvalue weighted by molar-refractivity contribution is -0.171. The summed E-state index contributed by atoms with van der Waals surface area (Å²) in [5.74, 6) is -1.26. The maximum Gasteiger partial charge on any atom is 0.523 e. The number of hydrogen-bond acceptors (Lipinski definition) is 7. The van der Waals surface area contributed by atoms with Crippen molar-refractivity contribution in [1.82, 2.24) is 0 Å². The molecule has 11 heteroatoms. The molecule has 0 aromatic heterocycles. The molecule has 0 amide bonds. The summed E-state index contributed by atoms with van der Waals surface area (Å²) < 4.78 is 79.3. The summed E-state index contributed by atoms with van der Waals surface area (Å²) in [4.78, 5) is 11.7. The molecule has 2 fully saturated rings. The third kappa shape index (κ3) is 3.11. The summed E-state index contributed by atoms with van der Waals surface area (Å²) in [6.07, 6.45) is -5.35. The first-order chi connectivity index (χ1) is 11.2. The highest BCUT2D eigenvalue weighted by Crippen LogP contribution is 2.37. The number of fused-ring (bicyclic) bond motifs is 1. The van der Waals surface area contributed by atoms with Crippen molar-refractivity contribution >= 4 is 16.1 Å². The average molecular weight is 368 g/mol. The molecular weight excluding hydrogens is 357 g/mol. The van der Waals surface area contributed by atoms with Crippen LogP contribution in [0.3, 0.4) is 0 Å². The Morgan fingerprint density at radius 1 is 1.12 bits per heavy atom. The summed E-state index contributed by atoms with van der Waals surface area (Å²) in [7, 11) is -5.99. The zero-order valence-electron chi connectivity index (χ0n) is 11.8. The SMILES string of the molecule is O=C1OC[C@@H]2O[C@@H](c3ccccc3)O[C@@H]2[C@H]1OS(=O)(=O)C(F)(F)F. The summed E-state index contributed by atoms with van der Waals surface area (Å²) in [6.45, 7) is -0.279. The van der Waals surface area contributed by atoms with E-state index in [9.17, 15) is 26.4 Å². The Bertz CT molecular complexity index is 719. The van der Waals surface area contributed by atoms with Gasteiger partial charge in [0.1, 0.15) is 18.8 Å². The second-order valence-electron chi connectivity index (χ2n) is 5.06. The lowest BCUT2D eigenvalue weighted by Gasteiger charge is -2.29. The second kappa shape index (κ2) is 5.99. The van der Waals surface area contributed by atoms with Crippen molar-refractivity contribution in [3.8, 4) is 0 Å². The van der Waals surface area contributed by atoms with Gasteiger partial charge in [-0.05, 0) is 0 Å². The first-order valence-electron chi connectivity index (χ1n) is 6.71. The first-order valence-corrected chi connectivity index (χ1v) is 8.12. The minimum atomic E-state index is -5.99. The Kier molecular flexibility index (Phi) is 4.28. The molecule has 0 saturated carbocycles. The molecule has 2 aliphatic heterocycles. The number of ether oxygens (including phenoxy) is 3. The number of carbonyl (C=O) groups excluding carboxylic acids is 1. The highest BCUT2D eigenvalue weighted by molar-refractivity contribution is 7.87. The molecule has 0 spiro atoms. The van der Waals surface area contributed by atoms with Gasteiger partial charge in [0.2, 0.25) is 6.10 Å². The van der Waals surface area contributed by atoms with Gasteiger partial charge < -0.3 is 14.2 Å². The minimum Gasteiger partial charge on any atom is -0.461 e. The summed E-state index contributed by atoms with van der Waals surface area (Å²) in [5, 5.41) is 0. The van der Waals surface area contributed by atoms with Crippen LogP contribution in [0, 0.1) is 0 Å². The van der Waals surface area contributed by atoms with Crippen LogP contribution in [0.5, 0.6) is 0 Å². The molecule has 0 radical (unpaired) electrons. The van der Waals surface area contributed by atoms with E-state index in [0.29, 0.717) is 5.56 Å². The highest BCUT2D eigenvalue weighted by atomic mass is 32.2. The molecule has 2 aliphatic rings. The van der Waals surface area contributed by atoms with Crippen molar-refractivity contribution in [3.05, 3.63) is 35.9 Å². The molecule has 0 N–H and O–H groups in total. The van der Waals surface area contributed by atoms with Crippen LogP contribution >= 0.6 is 0 Å². The van der Waals surface area contributed by atoms with Crippen LogP contribution in [-0.2, 0) is 33.3 Å². The molecule has 7 nitrogen and oxygen atoms in total. The monoisotopic (exact) mass is 368 g/mol. The quantitative estimate of drug-likeness (QED) is 0.451. The Balaban J connectivity index is 1.82. The number of cyclic esters (lactones) is 1. The van der Waals surface area contributed by atoms with Gasteiger partial charge in [0.15, 0.2) is 6.29 Å². The zero-order chi connectivity index (χ0) is 17.5. The van der Waals surface area contributed by atoms with Crippen molar-refractivity contribution in [2.75, 3.05) is 6.61 Å². The standard InChI is InChI=1S/C13H11F3O7S/c14-13(15,16)24(18,19)23-10-9-8(6-20-11(10)17)21-12(22-9)7-4-2-1-3-5-7/h1-5,8-10,12H,6H2/t8-,9-,10+,12+/m0/s1. The molecule has 3 rings (SSSR count). The van der Waals surface area contributed by atoms with E-state index in [4.69, 9.17) is 9.47 Å². The Morgan fingerprint density at radius 2 is 1.79 bits per heavy atom. The van der Waals surface area contributed by atoms with Crippen LogP contribution in [-0.4, -0.2) is 44.8 Å². The maximum absolute atomic E-state index is 12.5. The lowest BCUT2D eigenvalue weighted by atomic mass is 10.1. The van der Waals surface area contributed by atoms with Gasteiger partial charge in [-0.3, -0.25) is 0 Å². The predicted molar refractivity (Wildman–Crippen MR) is 69.7 cm³/mol. The van der Waals surface area contributed by atoms with E-state index in [1.54, 1.807) is 30.3 Å².